The first kappa shape index (κ1) is 21.7. The molecule has 2 aromatic rings. The Morgan fingerprint density at radius 2 is 1.88 bits per heavy atom. The number of fused-ring (bicyclic) bond motifs is 1. The van der Waals surface area contributed by atoms with E-state index in [0.29, 0.717) is 62.3 Å². The molecule has 5 rings (SSSR count). The van der Waals surface area contributed by atoms with Crippen molar-refractivity contribution in [3.8, 4) is 11.3 Å². The normalized spacial score (nSPS) is 22.8. The number of amides is 1. The van der Waals surface area contributed by atoms with E-state index in [1.807, 2.05) is 9.80 Å². The zero-order valence-electron chi connectivity index (χ0n) is 18.3. The summed E-state index contributed by atoms with van der Waals surface area (Å²) in [6.45, 7) is 4.64. The molecule has 2 aromatic heterocycles. The molecular weight excluding hydrogens is 434 g/mol. The lowest BCUT2D eigenvalue weighted by atomic mass is 10.0. The number of hydrogen-bond acceptors (Lipinski definition) is 9. The van der Waals surface area contributed by atoms with Crippen molar-refractivity contribution < 1.29 is 18.3 Å². The lowest BCUT2D eigenvalue weighted by Gasteiger charge is -2.31. The summed E-state index contributed by atoms with van der Waals surface area (Å²) in [7, 11) is 0. The van der Waals surface area contributed by atoms with Gasteiger partial charge in [-0.05, 0) is 6.42 Å². The maximum absolute atomic E-state index is 14.0. The van der Waals surface area contributed by atoms with Crippen LogP contribution in [0, 0.1) is 5.92 Å². The fraction of sp³-hybridized carbons (Fsp3) is 0.571. The Balaban J connectivity index is 1.58. The highest BCUT2D eigenvalue weighted by Crippen LogP contribution is 2.39. The topological polar surface area (TPSA) is 114 Å². The molecule has 3 aliphatic rings. The molecule has 33 heavy (non-hydrogen) atoms. The number of carbonyl (C=O) groups excluding carboxylic acids is 1. The van der Waals surface area contributed by atoms with Gasteiger partial charge >= 0.3 is 0 Å². The minimum absolute atomic E-state index is 0.0452. The van der Waals surface area contributed by atoms with Crippen LogP contribution >= 0.6 is 0 Å². The lowest BCUT2D eigenvalue weighted by molar-refractivity contribution is -0.128. The molecule has 1 amide bonds. The summed E-state index contributed by atoms with van der Waals surface area (Å²) in [6.07, 6.45) is 1.30. The van der Waals surface area contributed by atoms with Gasteiger partial charge in [0, 0.05) is 63.2 Å². The number of nitrogens with two attached hydrogens (primary N) is 1. The first-order valence-corrected chi connectivity index (χ1v) is 11.0. The van der Waals surface area contributed by atoms with E-state index < -0.39 is 18.4 Å². The van der Waals surface area contributed by atoms with Gasteiger partial charge in [0.1, 0.15) is 5.82 Å². The number of morpholine rings is 1. The van der Waals surface area contributed by atoms with Crippen LogP contribution in [-0.2, 0) is 16.0 Å². The number of carbonyl (C=O) groups is 1. The van der Waals surface area contributed by atoms with E-state index in [4.69, 9.17) is 20.4 Å². The van der Waals surface area contributed by atoms with Gasteiger partial charge in [-0.3, -0.25) is 4.79 Å². The molecule has 12 heteroatoms. The number of nitrogens with zero attached hydrogens (tertiary/aromatic N) is 7. The number of rotatable bonds is 4. The highest BCUT2D eigenvalue weighted by atomic mass is 19.3. The van der Waals surface area contributed by atoms with Crippen LogP contribution in [0.2, 0.25) is 0 Å². The molecule has 10 nitrogen and oxygen atoms in total. The third-order valence-corrected chi connectivity index (χ3v) is 6.59. The monoisotopic (exact) mass is 460 g/mol. The number of aromatic nitrogens is 4. The zero-order chi connectivity index (χ0) is 23.1. The predicted octanol–water partition coefficient (Wildman–Crippen LogP) is 0.827. The van der Waals surface area contributed by atoms with E-state index in [2.05, 4.69) is 9.97 Å². The summed E-state index contributed by atoms with van der Waals surface area (Å²) in [5.74, 6) is 0.184. The van der Waals surface area contributed by atoms with Crippen LogP contribution in [-0.4, -0.2) is 89.1 Å². The van der Waals surface area contributed by atoms with Gasteiger partial charge in [-0.15, -0.1) is 0 Å². The molecule has 2 N–H and O–H groups in total. The average Bonchev–Trinajstić information content (AvgIpc) is 3.44. The summed E-state index contributed by atoms with van der Waals surface area (Å²) >= 11 is 0. The average molecular weight is 460 g/mol. The van der Waals surface area contributed by atoms with Crippen molar-refractivity contribution in [1.29, 1.82) is 0 Å². The third kappa shape index (κ3) is 4.03. The van der Waals surface area contributed by atoms with Crippen molar-refractivity contribution in [1.82, 2.24) is 24.8 Å². The van der Waals surface area contributed by atoms with E-state index in [-0.39, 0.29) is 24.9 Å². The Labute approximate surface area is 189 Å². The molecular formula is C21H26F2N8O2. The molecule has 2 atom stereocenters. The van der Waals surface area contributed by atoms with Gasteiger partial charge in [0.15, 0.2) is 0 Å². The van der Waals surface area contributed by atoms with E-state index in [9.17, 15) is 13.6 Å². The Morgan fingerprint density at radius 3 is 2.55 bits per heavy atom. The van der Waals surface area contributed by atoms with E-state index in [0.717, 1.165) is 5.56 Å². The smallest absolute Gasteiger partial charge is 0.245 e. The van der Waals surface area contributed by atoms with Gasteiger partial charge in [-0.1, -0.05) is 0 Å². The number of alkyl halides is 2. The van der Waals surface area contributed by atoms with Crippen molar-refractivity contribution >= 4 is 23.6 Å². The maximum Gasteiger partial charge on any atom is 0.245 e. The standard InChI is InChI=1S/C21H26F2N8O2/c1-12(32)30-10-15(18(22)23)16(11-30)31-3-2-14-17(13-8-25-20(24)26-9-13)27-21(28-19(14)31)29-4-6-33-7-5-29/h8-9,15-16,18H,2-7,10-11H2,1H3,(H2,24,25,26)/t15-,16-/m1/s1. The van der Waals surface area contributed by atoms with Crippen LogP contribution in [0.1, 0.15) is 12.5 Å². The number of nitrogen functional groups attached to an aromatic ring is 1. The number of anilines is 3. The molecule has 0 saturated carbocycles. The first-order valence-electron chi connectivity index (χ1n) is 11.0. The van der Waals surface area contributed by atoms with Gasteiger partial charge in [-0.25, -0.2) is 23.7 Å². The lowest BCUT2D eigenvalue weighted by Crippen LogP contribution is -2.43. The van der Waals surface area contributed by atoms with Crippen LogP contribution in [0.4, 0.5) is 26.5 Å². The van der Waals surface area contributed by atoms with Crippen molar-refractivity contribution in [3.05, 3.63) is 18.0 Å². The van der Waals surface area contributed by atoms with Crippen molar-refractivity contribution in [2.75, 3.05) is 61.5 Å². The highest BCUT2D eigenvalue weighted by Gasteiger charge is 2.45. The van der Waals surface area contributed by atoms with Gasteiger partial charge < -0.3 is 25.2 Å². The molecule has 0 unspecified atom stereocenters. The number of hydrogen-bond donors (Lipinski definition) is 1. The second-order valence-electron chi connectivity index (χ2n) is 8.54. The summed E-state index contributed by atoms with van der Waals surface area (Å²) in [5.41, 5.74) is 7.91. The van der Waals surface area contributed by atoms with Crippen LogP contribution in [0.3, 0.4) is 0 Å². The largest absolute Gasteiger partial charge is 0.378 e. The fourth-order valence-electron chi connectivity index (χ4n) is 4.84. The summed E-state index contributed by atoms with van der Waals surface area (Å²) < 4.78 is 33.4. The summed E-state index contributed by atoms with van der Waals surface area (Å²) in [5, 5.41) is 0. The van der Waals surface area contributed by atoms with E-state index >= 15 is 0 Å². The van der Waals surface area contributed by atoms with Crippen molar-refractivity contribution in [2.24, 2.45) is 5.92 Å². The molecule has 2 fully saturated rings. The molecule has 0 spiro atoms. The molecule has 0 aromatic carbocycles. The second kappa shape index (κ2) is 8.65. The molecule has 0 aliphatic carbocycles. The molecule has 0 bridgehead atoms. The Bertz CT molecular complexity index is 1030. The molecule has 2 saturated heterocycles. The molecule has 0 radical (unpaired) electrons. The summed E-state index contributed by atoms with van der Waals surface area (Å²) in [4.78, 5) is 35.3. The Kier molecular flexibility index (Phi) is 5.69. The zero-order valence-corrected chi connectivity index (χ0v) is 18.3. The van der Waals surface area contributed by atoms with Crippen LogP contribution in [0.15, 0.2) is 12.4 Å². The predicted molar refractivity (Wildman–Crippen MR) is 117 cm³/mol. The number of likely N-dealkylation sites (tertiary alicyclic amines) is 1. The van der Waals surface area contributed by atoms with Gasteiger partial charge in [-0.2, -0.15) is 4.98 Å². The minimum atomic E-state index is -2.53. The van der Waals surface area contributed by atoms with Crippen LogP contribution in [0.25, 0.3) is 11.3 Å². The quantitative estimate of drug-likeness (QED) is 0.709. The maximum atomic E-state index is 14.0. The van der Waals surface area contributed by atoms with Crippen LogP contribution < -0.4 is 15.5 Å². The van der Waals surface area contributed by atoms with Gasteiger partial charge in [0.05, 0.1) is 30.9 Å². The SMILES string of the molecule is CC(=O)N1C[C@@H](N2CCc3c(-c4cnc(N)nc4)nc(N4CCOCC4)nc32)[C@H](C(F)F)C1. The second-order valence-corrected chi connectivity index (χ2v) is 8.54. The van der Waals surface area contributed by atoms with Gasteiger partial charge in [0.25, 0.3) is 0 Å². The van der Waals surface area contributed by atoms with Crippen molar-refractivity contribution in [3.63, 3.8) is 0 Å². The third-order valence-electron chi connectivity index (χ3n) is 6.59. The van der Waals surface area contributed by atoms with Crippen LogP contribution in [0.5, 0.6) is 0 Å². The van der Waals surface area contributed by atoms with Gasteiger partial charge in [0.2, 0.25) is 24.2 Å². The number of ether oxygens (including phenoxy) is 1. The summed E-state index contributed by atoms with van der Waals surface area (Å²) in [6, 6.07) is -0.516. The number of halogens is 2. The van der Waals surface area contributed by atoms with E-state index in [1.54, 1.807) is 12.4 Å². The Hall–Kier alpha value is -3.15. The minimum Gasteiger partial charge on any atom is -0.378 e. The Morgan fingerprint density at radius 1 is 1.15 bits per heavy atom. The molecule has 5 heterocycles. The fourth-order valence-corrected chi connectivity index (χ4v) is 4.84. The first-order chi connectivity index (χ1) is 15.9. The molecule has 3 aliphatic heterocycles. The van der Waals surface area contributed by atoms with E-state index in [1.165, 1.54) is 11.8 Å². The molecule has 176 valence electrons. The van der Waals surface area contributed by atoms with Crippen molar-refractivity contribution in [2.45, 2.75) is 25.8 Å². The highest BCUT2D eigenvalue weighted by molar-refractivity contribution is 5.75.